The Balaban J connectivity index is 2.10. The molecule has 1 N–H and O–H groups in total. The number of halogens is 1. The van der Waals surface area contributed by atoms with Crippen LogP contribution in [0.25, 0.3) is 0 Å². The van der Waals surface area contributed by atoms with Crippen LogP contribution in [0.3, 0.4) is 0 Å². The first-order chi connectivity index (χ1) is 9.11. The van der Waals surface area contributed by atoms with Crippen molar-refractivity contribution in [3.8, 4) is 0 Å². The van der Waals surface area contributed by atoms with Crippen LogP contribution >= 0.6 is 0 Å². The highest BCUT2D eigenvalue weighted by Gasteiger charge is 2.13. The molecule has 3 nitrogen and oxygen atoms in total. The molecule has 2 rings (SSSR count). The van der Waals surface area contributed by atoms with Gasteiger partial charge in [0.2, 0.25) is 0 Å². The molecule has 19 heavy (non-hydrogen) atoms. The van der Waals surface area contributed by atoms with Crippen molar-refractivity contribution in [2.75, 3.05) is 7.05 Å². The Morgan fingerprint density at radius 2 is 2.16 bits per heavy atom. The van der Waals surface area contributed by atoms with Gasteiger partial charge in [-0.05, 0) is 56.1 Å². The van der Waals surface area contributed by atoms with Gasteiger partial charge >= 0.3 is 0 Å². The molecule has 0 saturated heterocycles. The largest absolute Gasteiger partial charge is 0.313 e. The first kappa shape index (κ1) is 13.7. The maximum Gasteiger partial charge on any atom is 0.123 e. The molecule has 0 aliphatic carbocycles. The Kier molecular flexibility index (Phi) is 4.32. The molecule has 0 bridgehead atoms. The molecule has 1 aromatic carbocycles. The highest BCUT2D eigenvalue weighted by atomic mass is 19.1. The van der Waals surface area contributed by atoms with Gasteiger partial charge < -0.3 is 5.32 Å². The Hall–Kier alpha value is -1.68. The van der Waals surface area contributed by atoms with Crippen LogP contribution in [0.2, 0.25) is 0 Å². The fraction of sp³-hybridized carbons (Fsp3) is 0.400. The van der Waals surface area contributed by atoms with E-state index in [4.69, 9.17) is 0 Å². The monoisotopic (exact) mass is 261 g/mol. The molecule has 0 saturated carbocycles. The molecule has 2 aromatic rings. The Morgan fingerprint density at radius 3 is 2.74 bits per heavy atom. The van der Waals surface area contributed by atoms with Crippen LogP contribution in [-0.4, -0.2) is 16.8 Å². The second-order valence-corrected chi connectivity index (χ2v) is 4.83. The van der Waals surface area contributed by atoms with Gasteiger partial charge in [-0.1, -0.05) is 6.07 Å². The minimum Gasteiger partial charge on any atom is -0.313 e. The maximum atomic E-state index is 13.1. The molecule has 0 fully saturated rings. The summed E-state index contributed by atoms with van der Waals surface area (Å²) in [5.41, 5.74) is 3.36. The van der Waals surface area contributed by atoms with Crippen molar-refractivity contribution in [1.82, 2.24) is 15.1 Å². The van der Waals surface area contributed by atoms with Gasteiger partial charge in [0, 0.05) is 25.0 Å². The molecule has 1 aromatic heterocycles. The lowest BCUT2D eigenvalue weighted by atomic mass is 9.97. The van der Waals surface area contributed by atoms with Crippen molar-refractivity contribution in [3.63, 3.8) is 0 Å². The summed E-state index contributed by atoms with van der Waals surface area (Å²) in [6, 6.07) is 7.25. The highest BCUT2D eigenvalue weighted by Crippen LogP contribution is 2.22. The Bertz CT molecular complexity index is 548. The number of rotatable bonds is 5. The number of aryl methyl sites for hydroxylation is 3. The Morgan fingerprint density at radius 1 is 1.37 bits per heavy atom. The molecule has 1 atom stereocenters. The zero-order valence-electron chi connectivity index (χ0n) is 11.7. The first-order valence-corrected chi connectivity index (χ1v) is 6.52. The van der Waals surface area contributed by atoms with Crippen LogP contribution < -0.4 is 5.32 Å². The lowest BCUT2D eigenvalue weighted by molar-refractivity contribution is 0.531. The van der Waals surface area contributed by atoms with Crippen LogP contribution in [0.1, 0.15) is 29.3 Å². The summed E-state index contributed by atoms with van der Waals surface area (Å²) in [5.74, 6) is -0.178. The molecule has 1 unspecified atom stereocenters. The summed E-state index contributed by atoms with van der Waals surface area (Å²) in [7, 11) is 3.89. The van der Waals surface area contributed by atoms with Crippen LogP contribution in [0, 0.1) is 12.7 Å². The number of hydrogen-bond donors (Lipinski definition) is 1. The van der Waals surface area contributed by atoms with Gasteiger partial charge in [-0.2, -0.15) is 5.10 Å². The van der Waals surface area contributed by atoms with Crippen molar-refractivity contribution in [2.24, 2.45) is 7.05 Å². The number of hydrogen-bond acceptors (Lipinski definition) is 2. The van der Waals surface area contributed by atoms with E-state index >= 15 is 0 Å². The van der Waals surface area contributed by atoms with E-state index in [0.29, 0.717) is 0 Å². The summed E-state index contributed by atoms with van der Waals surface area (Å²) in [5, 5.41) is 7.48. The predicted molar refractivity (Wildman–Crippen MR) is 74.5 cm³/mol. The van der Waals surface area contributed by atoms with E-state index in [-0.39, 0.29) is 11.9 Å². The topological polar surface area (TPSA) is 29.9 Å². The third kappa shape index (κ3) is 3.20. The van der Waals surface area contributed by atoms with Gasteiger partial charge in [0.25, 0.3) is 0 Å². The van der Waals surface area contributed by atoms with Crippen LogP contribution in [0.4, 0.5) is 4.39 Å². The molecule has 1 heterocycles. The highest BCUT2D eigenvalue weighted by molar-refractivity contribution is 5.29. The molecule has 102 valence electrons. The van der Waals surface area contributed by atoms with E-state index in [1.54, 1.807) is 6.07 Å². The van der Waals surface area contributed by atoms with Crippen molar-refractivity contribution < 1.29 is 4.39 Å². The van der Waals surface area contributed by atoms with Crippen LogP contribution in [0.5, 0.6) is 0 Å². The minimum atomic E-state index is -0.178. The molecule has 0 radical (unpaired) electrons. The smallest absolute Gasteiger partial charge is 0.123 e. The molecular formula is C15H20FN3. The summed E-state index contributed by atoms with van der Waals surface area (Å²) >= 11 is 0. The third-order valence-electron chi connectivity index (χ3n) is 3.57. The normalized spacial score (nSPS) is 12.6. The number of aromatic nitrogens is 2. The maximum absolute atomic E-state index is 13.1. The van der Waals surface area contributed by atoms with E-state index in [0.717, 1.165) is 24.0 Å². The third-order valence-corrected chi connectivity index (χ3v) is 3.57. The molecule has 4 heteroatoms. The van der Waals surface area contributed by atoms with E-state index < -0.39 is 0 Å². The van der Waals surface area contributed by atoms with E-state index in [1.165, 1.54) is 11.8 Å². The fourth-order valence-corrected chi connectivity index (χ4v) is 2.42. The summed E-state index contributed by atoms with van der Waals surface area (Å²) in [6.45, 7) is 1.95. The van der Waals surface area contributed by atoms with Crippen molar-refractivity contribution >= 4 is 0 Å². The first-order valence-electron chi connectivity index (χ1n) is 6.52. The minimum absolute atomic E-state index is 0.178. The molecule has 0 spiro atoms. The number of nitrogens with zero attached hydrogens (tertiary/aromatic N) is 2. The van der Waals surface area contributed by atoms with Gasteiger partial charge in [0.1, 0.15) is 5.82 Å². The zero-order valence-corrected chi connectivity index (χ0v) is 11.7. The summed E-state index contributed by atoms with van der Waals surface area (Å²) in [4.78, 5) is 0. The standard InChI is InChI=1S/C15H20FN3/c1-11-10-12(16)4-6-14(11)15(17-2)7-5-13-8-9-18-19(13)3/h4,6,8-10,15,17H,5,7H2,1-3H3. The van der Waals surface area contributed by atoms with E-state index in [9.17, 15) is 4.39 Å². The summed E-state index contributed by atoms with van der Waals surface area (Å²) in [6.07, 6.45) is 3.72. The quantitative estimate of drug-likeness (QED) is 0.897. The van der Waals surface area contributed by atoms with Gasteiger partial charge in [-0.25, -0.2) is 4.39 Å². The second-order valence-electron chi connectivity index (χ2n) is 4.83. The SMILES string of the molecule is CNC(CCc1ccnn1C)c1ccc(F)cc1C. The van der Waals surface area contributed by atoms with Gasteiger partial charge in [0.15, 0.2) is 0 Å². The zero-order chi connectivity index (χ0) is 13.8. The number of nitrogens with one attached hydrogen (secondary N) is 1. The molecule has 0 aliphatic rings. The average Bonchev–Trinajstić information content (AvgIpc) is 2.78. The van der Waals surface area contributed by atoms with Crippen LogP contribution in [0.15, 0.2) is 30.5 Å². The van der Waals surface area contributed by atoms with Crippen molar-refractivity contribution in [2.45, 2.75) is 25.8 Å². The lowest BCUT2D eigenvalue weighted by Gasteiger charge is -2.19. The van der Waals surface area contributed by atoms with Gasteiger partial charge in [-0.3, -0.25) is 4.68 Å². The molecular weight excluding hydrogens is 241 g/mol. The lowest BCUT2D eigenvalue weighted by Crippen LogP contribution is -2.18. The average molecular weight is 261 g/mol. The van der Waals surface area contributed by atoms with Gasteiger partial charge in [-0.15, -0.1) is 0 Å². The second kappa shape index (κ2) is 5.97. The van der Waals surface area contributed by atoms with E-state index in [1.807, 2.05) is 44.0 Å². The van der Waals surface area contributed by atoms with Gasteiger partial charge in [0.05, 0.1) is 0 Å². The molecule has 0 amide bonds. The predicted octanol–water partition coefficient (Wildman–Crippen LogP) is 2.76. The van der Waals surface area contributed by atoms with Crippen molar-refractivity contribution in [3.05, 3.63) is 53.1 Å². The van der Waals surface area contributed by atoms with E-state index in [2.05, 4.69) is 10.4 Å². The summed E-state index contributed by atoms with van der Waals surface area (Å²) < 4.78 is 15.0. The fourth-order valence-electron chi connectivity index (χ4n) is 2.42. The number of benzene rings is 1. The van der Waals surface area contributed by atoms with Crippen molar-refractivity contribution in [1.29, 1.82) is 0 Å². The van der Waals surface area contributed by atoms with Crippen LogP contribution in [-0.2, 0) is 13.5 Å². The Labute approximate surface area is 113 Å². The molecule has 0 aliphatic heterocycles.